The van der Waals surface area contributed by atoms with E-state index in [2.05, 4.69) is 41.6 Å². The van der Waals surface area contributed by atoms with E-state index in [0.29, 0.717) is 17.3 Å². The molecule has 0 aliphatic carbocycles. The highest BCUT2D eigenvalue weighted by Crippen LogP contribution is 2.25. The largest absolute Gasteiger partial charge is 0.484 e. The molecule has 0 radical (unpaired) electrons. The van der Waals surface area contributed by atoms with Crippen LogP contribution in [0.25, 0.3) is 5.69 Å². The van der Waals surface area contributed by atoms with Crippen molar-refractivity contribution in [1.29, 1.82) is 0 Å². The van der Waals surface area contributed by atoms with Crippen LogP contribution < -0.4 is 10.1 Å². The predicted molar refractivity (Wildman–Crippen MR) is 103 cm³/mol. The number of carbonyl (C=O) groups excluding carboxylic acids is 1. The van der Waals surface area contributed by atoms with Gasteiger partial charge in [-0.1, -0.05) is 32.9 Å². The van der Waals surface area contributed by atoms with Crippen molar-refractivity contribution in [3.05, 3.63) is 59.7 Å². The number of halogens is 1. The standard InChI is InChI=1S/C20H22FN5O2/c1-13-23-24-25-26(13)18-11-15(8-9-17(18)21)22-19(27)12-28-16-7-5-6-14(10-16)20(2,3)4/h5-11H,12H2,1-4H3,(H,22,27). The first-order valence-electron chi connectivity index (χ1n) is 8.82. The summed E-state index contributed by atoms with van der Waals surface area (Å²) in [5.74, 6) is 0.201. The Labute approximate surface area is 162 Å². The van der Waals surface area contributed by atoms with Crippen molar-refractivity contribution >= 4 is 11.6 Å². The molecule has 7 nitrogen and oxygen atoms in total. The number of aromatic nitrogens is 4. The molecule has 0 bridgehead atoms. The van der Waals surface area contributed by atoms with Crippen LogP contribution in [-0.2, 0) is 10.2 Å². The molecule has 3 aromatic rings. The molecule has 3 rings (SSSR count). The Hall–Kier alpha value is -3.29. The number of aryl methyl sites for hydroxylation is 1. The molecule has 2 aromatic carbocycles. The van der Waals surface area contributed by atoms with Gasteiger partial charge in [0, 0.05) is 5.69 Å². The first-order valence-corrected chi connectivity index (χ1v) is 8.82. The van der Waals surface area contributed by atoms with Crippen molar-refractivity contribution in [2.45, 2.75) is 33.1 Å². The van der Waals surface area contributed by atoms with Crippen molar-refractivity contribution in [3.63, 3.8) is 0 Å². The van der Waals surface area contributed by atoms with Gasteiger partial charge >= 0.3 is 0 Å². The van der Waals surface area contributed by atoms with Gasteiger partial charge in [-0.05, 0) is 58.7 Å². The number of rotatable bonds is 5. The number of nitrogens with one attached hydrogen (secondary N) is 1. The molecule has 146 valence electrons. The zero-order valence-corrected chi connectivity index (χ0v) is 16.2. The van der Waals surface area contributed by atoms with Gasteiger partial charge in [0.15, 0.2) is 12.4 Å². The summed E-state index contributed by atoms with van der Waals surface area (Å²) in [4.78, 5) is 12.2. The lowest BCUT2D eigenvalue weighted by molar-refractivity contribution is -0.118. The minimum Gasteiger partial charge on any atom is -0.484 e. The number of benzene rings is 2. The first kappa shape index (κ1) is 19.5. The summed E-state index contributed by atoms with van der Waals surface area (Å²) >= 11 is 0. The quantitative estimate of drug-likeness (QED) is 0.730. The molecule has 1 amide bonds. The van der Waals surface area contributed by atoms with Gasteiger partial charge in [-0.15, -0.1) is 5.10 Å². The molecule has 0 saturated carbocycles. The van der Waals surface area contributed by atoms with Crippen LogP contribution in [0.3, 0.4) is 0 Å². The van der Waals surface area contributed by atoms with Gasteiger partial charge in [0.1, 0.15) is 17.3 Å². The Morgan fingerprint density at radius 1 is 1.21 bits per heavy atom. The lowest BCUT2D eigenvalue weighted by Gasteiger charge is -2.19. The zero-order valence-electron chi connectivity index (χ0n) is 16.2. The molecule has 1 N–H and O–H groups in total. The molecule has 0 aliphatic heterocycles. The molecule has 0 spiro atoms. The maximum atomic E-state index is 14.1. The highest BCUT2D eigenvalue weighted by molar-refractivity contribution is 5.92. The van der Waals surface area contributed by atoms with E-state index in [4.69, 9.17) is 4.74 Å². The van der Waals surface area contributed by atoms with E-state index in [-0.39, 0.29) is 23.6 Å². The molecule has 1 heterocycles. The Balaban J connectivity index is 1.67. The van der Waals surface area contributed by atoms with Gasteiger partial charge in [-0.3, -0.25) is 4.79 Å². The number of ether oxygens (including phenoxy) is 1. The summed E-state index contributed by atoms with van der Waals surface area (Å²) in [6.45, 7) is 7.82. The van der Waals surface area contributed by atoms with Crippen LogP contribution in [0.15, 0.2) is 42.5 Å². The predicted octanol–water partition coefficient (Wildman–Crippen LogP) is 3.42. The fraction of sp³-hybridized carbons (Fsp3) is 0.300. The molecular formula is C20H22FN5O2. The Morgan fingerprint density at radius 2 is 2.00 bits per heavy atom. The number of anilines is 1. The van der Waals surface area contributed by atoms with E-state index in [1.165, 1.54) is 22.9 Å². The van der Waals surface area contributed by atoms with Crippen LogP contribution in [-0.4, -0.2) is 32.7 Å². The van der Waals surface area contributed by atoms with Gasteiger partial charge < -0.3 is 10.1 Å². The summed E-state index contributed by atoms with van der Waals surface area (Å²) in [5, 5.41) is 13.7. The smallest absolute Gasteiger partial charge is 0.262 e. The Kier molecular flexibility index (Phi) is 5.39. The Bertz CT molecular complexity index is 994. The lowest BCUT2D eigenvalue weighted by Crippen LogP contribution is -2.20. The summed E-state index contributed by atoms with van der Waals surface area (Å²) in [6, 6.07) is 11.8. The molecule has 0 atom stereocenters. The molecule has 0 saturated heterocycles. The third kappa shape index (κ3) is 4.51. The van der Waals surface area contributed by atoms with Crippen molar-refractivity contribution in [2.24, 2.45) is 0 Å². The maximum absolute atomic E-state index is 14.1. The molecule has 1 aromatic heterocycles. The van der Waals surface area contributed by atoms with Gasteiger partial charge in [0.2, 0.25) is 0 Å². The maximum Gasteiger partial charge on any atom is 0.262 e. The zero-order chi connectivity index (χ0) is 20.3. The summed E-state index contributed by atoms with van der Waals surface area (Å²) in [5.41, 5.74) is 1.67. The minimum atomic E-state index is -0.497. The number of tetrazole rings is 1. The van der Waals surface area contributed by atoms with Gasteiger partial charge in [0.05, 0.1) is 0 Å². The Morgan fingerprint density at radius 3 is 2.68 bits per heavy atom. The van der Waals surface area contributed by atoms with Crippen LogP contribution in [0.1, 0.15) is 32.2 Å². The molecule has 0 unspecified atom stereocenters. The molecule has 0 aliphatic rings. The second-order valence-corrected chi connectivity index (χ2v) is 7.42. The summed E-state index contributed by atoms with van der Waals surface area (Å²) in [7, 11) is 0. The molecule has 8 heteroatoms. The van der Waals surface area contributed by atoms with E-state index in [1.54, 1.807) is 13.0 Å². The van der Waals surface area contributed by atoms with E-state index in [0.717, 1.165) is 5.56 Å². The average molecular weight is 383 g/mol. The van der Waals surface area contributed by atoms with Gasteiger partial charge in [-0.2, -0.15) is 4.68 Å². The summed E-state index contributed by atoms with van der Waals surface area (Å²) in [6.07, 6.45) is 0. The fourth-order valence-corrected chi connectivity index (χ4v) is 2.61. The third-order valence-corrected chi connectivity index (χ3v) is 4.15. The van der Waals surface area contributed by atoms with Gasteiger partial charge in [0.25, 0.3) is 5.91 Å². The fourth-order valence-electron chi connectivity index (χ4n) is 2.61. The number of hydrogen-bond acceptors (Lipinski definition) is 5. The molecule has 28 heavy (non-hydrogen) atoms. The highest BCUT2D eigenvalue weighted by Gasteiger charge is 2.15. The van der Waals surface area contributed by atoms with Crippen molar-refractivity contribution in [1.82, 2.24) is 20.2 Å². The normalized spacial score (nSPS) is 11.3. The highest BCUT2D eigenvalue weighted by atomic mass is 19.1. The molecular weight excluding hydrogens is 361 g/mol. The van der Waals surface area contributed by atoms with E-state index in [1.807, 2.05) is 18.2 Å². The van der Waals surface area contributed by atoms with Crippen molar-refractivity contribution in [3.8, 4) is 11.4 Å². The minimum absolute atomic E-state index is 0.0134. The van der Waals surface area contributed by atoms with Crippen LogP contribution in [0.2, 0.25) is 0 Å². The molecule has 0 fully saturated rings. The van der Waals surface area contributed by atoms with E-state index >= 15 is 0 Å². The SMILES string of the molecule is Cc1nnnn1-c1cc(NC(=O)COc2cccc(C(C)(C)C)c2)ccc1F. The first-order chi connectivity index (χ1) is 13.2. The van der Waals surface area contributed by atoms with Crippen molar-refractivity contribution < 1.29 is 13.9 Å². The number of amides is 1. The van der Waals surface area contributed by atoms with Crippen LogP contribution in [0, 0.1) is 12.7 Å². The second-order valence-electron chi connectivity index (χ2n) is 7.42. The number of hydrogen-bond donors (Lipinski definition) is 1. The number of carbonyl (C=O) groups is 1. The summed E-state index contributed by atoms with van der Waals surface area (Å²) < 4.78 is 21.0. The third-order valence-electron chi connectivity index (χ3n) is 4.15. The van der Waals surface area contributed by atoms with Crippen molar-refractivity contribution in [2.75, 3.05) is 11.9 Å². The second kappa shape index (κ2) is 7.75. The lowest BCUT2D eigenvalue weighted by atomic mass is 9.87. The van der Waals surface area contributed by atoms with Gasteiger partial charge in [-0.25, -0.2) is 4.39 Å². The van der Waals surface area contributed by atoms with Crippen LogP contribution in [0.5, 0.6) is 5.75 Å². The average Bonchev–Trinajstić information content (AvgIpc) is 3.07. The van der Waals surface area contributed by atoms with Crippen LogP contribution >= 0.6 is 0 Å². The number of nitrogens with zero attached hydrogens (tertiary/aromatic N) is 4. The topological polar surface area (TPSA) is 81.9 Å². The van der Waals surface area contributed by atoms with E-state index < -0.39 is 5.82 Å². The monoisotopic (exact) mass is 383 g/mol. The van der Waals surface area contributed by atoms with Crippen LogP contribution in [0.4, 0.5) is 10.1 Å². The van der Waals surface area contributed by atoms with E-state index in [9.17, 15) is 9.18 Å².